The molecule has 1 rings (SSSR count). The van der Waals surface area contributed by atoms with E-state index in [2.05, 4.69) is 0 Å². The van der Waals surface area contributed by atoms with E-state index in [1.54, 1.807) is 12.1 Å². The summed E-state index contributed by atoms with van der Waals surface area (Å²) in [5, 5.41) is 0.744. The molecule has 1 aromatic carbocycles. The van der Waals surface area contributed by atoms with Crippen molar-refractivity contribution in [1.29, 1.82) is 0 Å². The van der Waals surface area contributed by atoms with Crippen LogP contribution < -0.4 is 0 Å². The molecule has 0 aliphatic heterocycles. The second kappa shape index (κ2) is 6.33. The molecular formula is C11H11Cl3O2. The lowest BCUT2D eigenvalue weighted by Gasteiger charge is -2.09. The number of hydrogen-bond acceptors (Lipinski definition) is 2. The molecule has 0 bridgehead atoms. The van der Waals surface area contributed by atoms with Crippen molar-refractivity contribution >= 4 is 40.8 Å². The third-order valence-electron chi connectivity index (χ3n) is 1.91. The number of hydrogen-bond donors (Lipinski definition) is 0. The number of carbonyl (C=O) groups excluding carboxylic acids is 1. The Balaban J connectivity index is 2.52. The highest BCUT2D eigenvalue weighted by molar-refractivity contribution is 6.42. The van der Waals surface area contributed by atoms with Crippen LogP contribution in [-0.4, -0.2) is 18.0 Å². The Kier molecular flexibility index (Phi) is 5.39. The van der Waals surface area contributed by atoms with Crippen LogP contribution in [0.4, 0.5) is 0 Å². The van der Waals surface area contributed by atoms with Crippen LogP contribution in [0.5, 0.6) is 0 Å². The van der Waals surface area contributed by atoms with Gasteiger partial charge in [0.15, 0.2) is 0 Å². The zero-order valence-electron chi connectivity index (χ0n) is 8.67. The minimum absolute atomic E-state index is 0.192. The predicted molar refractivity (Wildman–Crippen MR) is 66.4 cm³/mol. The molecule has 1 unspecified atom stereocenters. The fourth-order valence-corrected chi connectivity index (χ4v) is 1.75. The summed E-state index contributed by atoms with van der Waals surface area (Å²) in [5.41, 5.74) is 0.960. The second-order valence-corrected chi connectivity index (χ2v) is 4.78. The third-order valence-corrected chi connectivity index (χ3v) is 2.93. The van der Waals surface area contributed by atoms with Gasteiger partial charge in [-0.05, 0) is 24.1 Å². The molecule has 0 aromatic heterocycles. The standard InChI is InChI=1S/C11H11Cl3O2/c1-7(15)16-6-9(12)4-8-2-3-10(13)11(14)5-8/h2-3,5,9H,4,6H2,1H3. The van der Waals surface area contributed by atoms with E-state index in [1.165, 1.54) is 6.92 Å². The van der Waals surface area contributed by atoms with Gasteiger partial charge in [0.1, 0.15) is 6.61 Å². The first-order chi connectivity index (χ1) is 7.49. The molecule has 0 N–H and O–H groups in total. The van der Waals surface area contributed by atoms with Gasteiger partial charge in [-0.2, -0.15) is 0 Å². The Labute approximate surface area is 109 Å². The number of ether oxygens (including phenoxy) is 1. The normalized spacial score (nSPS) is 12.2. The smallest absolute Gasteiger partial charge is 0.302 e. The van der Waals surface area contributed by atoms with Gasteiger partial charge < -0.3 is 4.74 Å². The van der Waals surface area contributed by atoms with Gasteiger partial charge in [0.25, 0.3) is 0 Å². The van der Waals surface area contributed by atoms with E-state index < -0.39 is 0 Å². The third kappa shape index (κ3) is 4.60. The Bertz CT molecular complexity index is 379. The van der Waals surface area contributed by atoms with Crippen molar-refractivity contribution in [2.75, 3.05) is 6.61 Å². The van der Waals surface area contributed by atoms with E-state index in [1.807, 2.05) is 6.07 Å². The number of esters is 1. The van der Waals surface area contributed by atoms with Crippen molar-refractivity contribution < 1.29 is 9.53 Å². The summed E-state index contributed by atoms with van der Waals surface area (Å²) in [6.45, 7) is 1.54. The fourth-order valence-electron chi connectivity index (χ4n) is 1.19. The molecule has 2 nitrogen and oxygen atoms in total. The van der Waals surface area contributed by atoms with Crippen molar-refractivity contribution in [2.45, 2.75) is 18.7 Å². The van der Waals surface area contributed by atoms with Crippen molar-refractivity contribution in [3.8, 4) is 0 Å². The van der Waals surface area contributed by atoms with Gasteiger partial charge in [-0.15, -0.1) is 11.6 Å². The van der Waals surface area contributed by atoms with Crippen LogP contribution in [-0.2, 0) is 16.0 Å². The van der Waals surface area contributed by atoms with Gasteiger partial charge in [-0.3, -0.25) is 4.79 Å². The monoisotopic (exact) mass is 280 g/mol. The topological polar surface area (TPSA) is 26.3 Å². The van der Waals surface area contributed by atoms with E-state index in [0.717, 1.165) is 5.56 Å². The summed E-state index contributed by atoms with van der Waals surface area (Å²) in [6.07, 6.45) is 0.575. The van der Waals surface area contributed by atoms with E-state index >= 15 is 0 Å². The van der Waals surface area contributed by atoms with Gasteiger partial charge >= 0.3 is 5.97 Å². The molecule has 0 amide bonds. The van der Waals surface area contributed by atoms with E-state index in [-0.39, 0.29) is 18.0 Å². The molecule has 0 radical (unpaired) electrons. The highest BCUT2D eigenvalue weighted by Crippen LogP contribution is 2.23. The molecule has 0 aliphatic rings. The molecule has 0 fully saturated rings. The van der Waals surface area contributed by atoms with E-state index in [0.29, 0.717) is 16.5 Å². The minimum atomic E-state index is -0.334. The summed E-state index contributed by atoms with van der Waals surface area (Å²) in [7, 11) is 0. The molecule has 0 saturated carbocycles. The lowest BCUT2D eigenvalue weighted by molar-refractivity contribution is -0.140. The average molecular weight is 282 g/mol. The molecule has 88 valence electrons. The molecule has 16 heavy (non-hydrogen) atoms. The first kappa shape index (κ1) is 13.6. The molecule has 0 spiro atoms. The first-order valence-electron chi connectivity index (χ1n) is 4.70. The highest BCUT2D eigenvalue weighted by atomic mass is 35.5. The van der Waals surface area contributed by atoms with Crippen LogP contribution in [0.1, 0.15) is 12.5 Å². The molecule has 0 saturated heterocycles. The van der Waals surface area contributed by atoms with Gasteiger partial charge in [0.2, 0.25) is 0 Å². The summed E-state index contributed by atoms with van der Waals surface area (Å²) in [5.74, 6) is -0.334. The van der Waals surface area contributed by atoms with Crippen molar-refractivity contribution in [1.82, 2.24) is 0 Å². The SMILES string of the molecule is CC(=O)OCC(Cl)Cc1ccc(Cl)c(Cl)c1. The summed E-state index contributed by atoms with van der Waals surface area (Å²) < 4.78 is 4.80. The van der Waals surface area contributed by atoms with Crippen LogP contribution >= 0.6 is 34.8 Å². The summed E-state index contributed by atoms with van der Waals surface area (Å²) in [4.78, 5) is 10.6. The summed E-state index contributed by atoms with van der Waals surface area (Å²) >= 11 is 17.6. The van der Waals surface area contributed by atoms with Crippen LogP contribution in [0, 0.1) is 0 Å². The maximum absolute atomic E-state index is 10.6. The lowest BCUT2D eigenvalue weighted by atomic mass is 10.1. The molecule has 0 aliphatic carbocycles. The zero-order valence-corrected chi connectivity index (χ0v) is 10.9. The molecule has 1 atom stereocenters. The second-order valence-electron chi connectivity index (χ2n) is 3.35. The maximum atomic E-state index is 10.6. The van der Waals surface area contributed by atoms with Gasteiger partial charge in [-0.25, -0.2) is 0 Å². The van der Waals surface area contributed by atoms with Crippen LogP contribution in [0.3, 0.4) is 0 Å². The van der Waals surface area contributed by atoms with E-state index in [9.17, 15) is 4.79 Å². The zero-order chi connectivity index (χ0) is 12.1. The summed E-state index contributed by atoms with van der Waals surface area (Å²) in [6, 6.07) is 5.32. The number of benzene rings is 1. The van der Waals surface area contributed by atoms with Crippen molar-refractivity contribution in [2.24, 2.45) is 0 Å². The molecule has 0 heterocycles. The van der Waals surface area contributed by atoms with Crippen LogP contribution in [0.15, 0.2) is 18.2 Å². The molecular weight excluding hydrogens is 270 g/mol. The largest absolute Gasteiger partial charge is 0.464 e. The van der Waals surface area contributed by atoms with Crippen LogP contribution in [0.25, 0.3) is 0 Å². The molecule has 1 aromatic rings. The Hall–Kier alpha value is -0.440. The lowest BCUT2D eigenvalue weighted by Crippen LogP contribution is -2.14. The maximum Gasteiger partial charge on any atom is 0.302 e. The van der Waals surface area contributed by atoms with Crippen LogP contribution in [0.2, 0.25) is 10.0 Å². The Morgan fingerprint density at radius 3 is 2.62 bits per heavy atom. The number of rotatable bonds is 4. The Morgan fingerprint density at radius 1 is 1.38 bits per heavy atom. The quantitative estimate of drug-likeness (QED) is 0.621. The Morgan fingerprint density at radius 2 is 2.06 bits per heavy atom. The highest BCUT2D eigenvalue weighted by Gasteiger charge is 2.09. The first-order valence-corrected chi connectivity index (χ1v) is 5.89. The predicted octanol–water partition coefficient (Wildman–Crippen LogP) is 3.71. The number of halogens is 3. The fraction of sp³-hybridized carbons (Fsp3) is 0.364. The number of carbonyl (C=O) groups is 1. The molecule has 5 heteroatoms. The van der Waals surface area contributed by atoms with Gasteiger partial charge in [0, 0.05) is 6.92 Å². The van der Waals surface area contributed by atoms with Crippen molar-refractivity contribution in [3.05, 3.63) is 33.8 Å². The number of alkyl halides is 1. The minimum Gasteiger partial charge on any atom is -0.464 e. The van der Waals surface area contributed by atoms with E-state index in [4.69, 9.17) is 39.5 Å². The van der Waals surface area contributed by atoms with Gasteiger partial charge in [0.05, 0.1) is 15.4 Å². The average Bonchev–Trinajstić information content (AvgIpc) is 2.21. The van der Waals surface area contributed by atoms with Gasteiger partial charge in [-0.1, -0.05) is 29.3 Å². The van der Waals surface area contributed by atoms with Crippen molar-refractivity contribution in [3.63, 3.8) is 0 Å².